The number of halogens is 9. The van der Waals surface area contributed by atoms with Gasteiger partial charge in [0, 0.05) is 44.4 Å². The van der Waals surface area contributed by atoms with Crippen molar-refractivity contribution in [1.29, 1.82) is 0 Å². The molecule has 1 saturated heterocycles. The van der Waals surface area contributed by atoms with Gasteiger partial charge < -0.3 is 4.90 Å². The summed E-state index contributed by atoms with van der Waals surface area (Å²) in [5.74, 6) is -6.78. The number of piperazine rings is 1. The van der Waals surface area contributed by atoms with Crippen molar-refractivity contribution in [3.63, 3.8) is 0 Å². The van der Waals surface area contributed by atoms with Crippen molar-refractivity contribution < 1.29 is 44.3 Å². The monoisotopic (exact) mass is 601 g/mol. The highest BCUT2D eigenvalue weighted by molar-refractivity contribution is 5.93. The van der Waals surface area contributed by atoms with Crippen LogP contribution in [-0.2, 0) is 18.6 Å². The van der Waals surface area contributed by atoms with E-state index in [4.69, 9.17) is 0 Å². The van der Waals surface area contributed by atoms with Gasteiger partial charge in [0.25, 0.3) is 5.91 Å². The Bertz CT molecular complexity index is 1610. The molecule has 222 valence electrons. The molecule has 0 radical (unpaired) electrons. The molecule has 0 unspecified atom stereocenters. The maximum atomic E-state index is 14.6. The maximum Gasteiger partial charge on any atom is 0.459 e. The average Bonchev–Trinajstić information content (AvgIpc) is 3.36. The number of aromatic nitrogens is 3. The highest BCUT2D eigenvalue weighted by Crippen LogP contribution is 2.44. The molecule has 0 aliphatic carbocycles. The van der Waals surface area contributed by atoms with Crippen LogP contribution in [0.25, 0.3) is 16.9 Å². The van der Waals surface area contributed by atoms with Crippen LogP contribution in [0.4, 0.5) is 39.5 Å². The van der Waals surface area contributed by atoms with Gasteiger partial charge in [-0.3, -0.25) is 9.69 Å². The van der Waals surface area contributed by atoms with Gasteiger partial charge in [0.1, 0.15) is 11.5 Å². The number of alkyl halides is 8. The summed E-state index contributed by atoms with van der Waals surface area (Å²) in [5, 5.41) is 3.74. The third-order valence-electron chi connectivity index (χ3n) is 6.78. The van der Waals surface area contributed by atoms with Crippen LogP contribution in [0, 0.1) is 5.82 Å². The summed E-state index contributed by atoms with van der Waals surface area (Å²) in [6, 6.07) is 10.6. The SMILES string of the molecule is O=C(c1cc2nc(-c3ccc(F)cc3)cc(C(F)(F)C(F)(F)F)n2n1)N1CCN(Cc2cccc(C(F)(F)F)c2)CC1. The molecule has 1 aliphatic heterocycles. The van der Waals surface area contributed by atoms with E-state index < -0.39 is 52.6 Å². The van der Waals surface area contributed by atoms with Crippen molar-refractivity contribution >= 4 is 11.6 Å². The molecule has 1 aliphatic rings. The van der Waals surface area contributed by atoms with Crippen LogP contribution in [0.3, 0.4) is 0 Å². The molecule has 6 nitrogen and oxygen atoms in total. The average molecular weight is 601 g/mol. The van der Waals surface area contributed by atoms with Crippen LogP contribution < -0.4 is 0 Å². The summed E-state index contributed by atoms with van der Waals surface area (Å²) >= 11 is 0. The van der Waals surface area contributed by atoms with Crippen LogP contribution in [0.1, 0.15) is 27.3 Å². The molecule has 0 N–H and O–H groups in total. The zero-order valence-corrected chi connectivity index (χ0v) is 21.4. The maximum absolute atomic E-state index is 14.6. The van der Waals surface area contributed by atoms with E-state index in [2.05, 4.69) is 10.1 Å². The number of amides is 1. The first kappa shape index (κ1) is 29.4. The molecule has 1 fully saturated rings. The third kappa shape index (κ3) is 5.78. The van der Waals surface area contributed by atoms with E-state index in [0.717, 1.165) is 42.5 Å². The van der Waals surface area contributed by atoms with E-state index in [9.17, 15) is 44.3 Å². The van der Waals surface area contributed by atoms with Crippen LogP contribution in [0.15, 0.2) is 60.7 Å². The van der Waals surface area contributed by atoms with E-state index >= 15 is 0 Å². The van der Waals surface area contributed by atoms with E-state index in [0.29, 0.717) is 11.6 Å². The normalized spacial score (nSPS) is 15.4. The second-order valence-corrected chi connectivity index (χ2v) is 9.67. The second-order valence-electron chi connectivity index (χ2n) is 9.67. The van der Waals surface area contributed by atoms with Gasteiger partial charge in [-0.2, -0.15) is 40.2 Å². The fourth-order valence-corrected chi connectivity index (χ4v) is 4.59. The molecule has 1 amide bonds. The van der Waals surface area contributed by atoms with E-state index in [1.807, 2.05) is 4.90 Å². The Hall–Kier alpha value is -4.14. The molecule has 4 aromatic rings. The molecule has 5 rings (SSSR count). The summed E-state index contributed by atoms with van der Waals surface area (Å²) in [6.07, 6.45) is -10.5. The molecule has 0 spiro atoms. The first-order chi connectivity index (χ1) is 19.6. The molecule has 3 heterocycles. The first-order valence-corrected chi connectivity index (χ1v) is 12.4. The number of hydrogen-bond donors (Lipinski definition) is 0. The Morgan fingerprint density at radius 3 is 2.12 bits per heavy atom. The number of fused-ring (bicyclic) bond motifs is 1. The van der Waals surface area contributed by atoms with Crippen LogP contribution in [0.2, 0.25) is 0 Å². The Kier molecular flexibility index (Phi) is 7.41. The van der Waals surface area contributed by atoms with Gasteiger partial charge in [-0.15, -0.1) is 0 Å². The van der Waals surface area contributed by atoms with Crippen LogP contribution >= 0.6 is 0 Å². The topological polar surface area (TPSA) is 53.7 Å². The highest BCUT2D eigenvalue weighted by Gasteiger charge is 2.60. The Balaban J connectivity index is 1.39. The van der Waals surface area contributed by atoms with E-state index in [1.54, 1.807) is 6.07 Å². The number of hydrogen-bond acceptors (Lipinski definition) is 4. The molecule has 15 heteroatoms. The minimum Gasteiger partial charge on any atom is -0.335 e. The predicted molar refractivity (Wildman–Crippen MR) is 131 cm³/mol. The van der Waals surface area contributed by atoms with Crippen molar-refractivity contribution in [3.8, 4) is 11.3 Å². The van der Waals surface area contributed by atoms with Gasteiger partial charge >= 0.3 is 18.3 Å². The Labute approximate surface area is 232 Å². The lowest BCUT2D eigenvalue weighted by molar-refractivity contribution is -0.291. The summed E-state index contributed by atoms with van der Waals surface area (Å²) in [5.41, 5.74) is -3.08. The number of carbonyl (C=O) groups is 1. The van der Waals surface area contributed by atoms with Crippen LogP contribution in [0.5, 0.6) is 0 Å². The molecule has 2 aromatic heterocycles. The van der Waals surface area contributed by atoms with Crippen molar-refractivity contribution in [2.24, 2.45) is 0 Å². The summed E-state index contributed by atoms with van der Waals surface area (Å²) in [7, 11) is 0. The molecule has 0 atom stereocenters. The standard InChI is InChI=1S/C27H20F9N5O/c28-19-6-4-17(5-7-19)20-13-22(25(29,30)27(34,35)36)41-23(37-20)14-21(38-41)24(42)40-10-8-39(9-11-40)15-16-2-1-3-18(12-16)26(31,32)33/h1-7,12-14H,8-11,15H2. The second kappa shape index (κ2) is 10.6. The molecule has 0 bridgehead atoms. The van der Waals surface area contributed by atoms with Crippen LogP contribution in [-0.4, -0.2) is 62.7 Å². The van der Waals surface area contributed by atoms with Gasteiger partial charge in [-0.1, -0.05) is 18.2 Å². The van der Waals surface area contributed by atoms with Crippen molar-refractivity contribution in [2.45, 2.75) is 24.8 Å². The Morgan fingerprint density at radius 1 is 0.833 bits per heavy atom. The van der Waals surface area contributed by atoms with Gasteiger partial charge in [0.15, 0.2) is 11.3 Å². The van der Waals surface area contributed by atoms with Gasteiger partial charge in [0.05, 0.1) is 11.3 Å². The molecular formula is C27H20F9N5O. The molecular weight excluding hydrogens is 581 g/mol. The largest absolute Gasteiger partial charge is 0.459 e. The lowest BCUT2D eigenvalue weighted by Gasteiger charge is -2.34. The Morgan fingerprint density at radius 2 is 1.50 bits per heavy atom. The highest BCUT2D eigenvalue weighted by atomic mass is 19.4. The minimum absolute atomic E-state index is 0.0593. The van der Waals surface area contributed by atoms with E-state index in [-0.39, 0.29) is 48.5 Å². The third-order valence-corrected chi connectivity index (χ3v) is 6.78. The number of nitrogens with zero attached hydrogens (tertiary/aromatic N) is 5. The van der Waals surface area contributed by atoms with Crippen molar-refractivity contribution in [2.75, 3.05) is 26.2 Å². The summed E-state index contributed by atoms with van der Waals surface area (Å²) in [6.45, 7) is 0.919. The first-order valence-electron chi connectivity index (χ1n) is 12.4. The van der Waals surface area contributed by atoms with Gasteiger partial charge in [0.2, 0.25) is 0 Å². The number of rotatable bonds is 5. The quantitative estimate of drug-likeness (QED) is 0.257. The van der Waals surface area contributed by atoms with E-state index in [1.165, 1.54) is 11.0 Å². The molecule has 42 heavy (non-hydrogen) atoms. The smallest absolute Gasteiger partial charge is 0.335 e. The van der Waals surface area contributed by atoms with Crippen molar-refractivity contribution in [1.82, 2.24) is 24.4 Å². The minimum atomic E-state index is -5.99. The van der Waals surface area contributed by atoms with Crippen molar-refractivity contribution in [3.05, 3.63) is 89.0 Å². The lowest BCUT2D eigenvalue weighted by atomic mass is 10.1. The zero-order valence-electron chi connectivity index (χ0n) is 21.4. The number of carbonyl (C=O) groups excluding carboxylic acids is 1. The molecule has 2 aromatic carbocycles. The zero-order chi connectivity index (χ0) is 30.4. The number of benzene rings is 2. The fraction of sp³-hybridized carbons (Fsp3) is 0.296. The fourth-order valence-electron chi connectivity index (χ4n) is 4.59. The van der Waals surface area contributed by atoms with Gasteiger partial charge in [-0.25, -0.2) is 13.9 Å². The summed E-state index contributed by atoms with van der Waals surface area (Å²) < 4.78 is 122. The summed E-state index contributed by atoms with van der Waals surface area (Å²) in [4.78, 5) is 20.4. The predicted octanol–water partition coefficient (Wildman–Crippen LogP) is 6.17. The molecule has 0 saturated carbocycles. The lowest BCUT2D eigenvalue weighted by Crippen LogP contribution is -2.48. The van der Waals surface area contributed by atoms with Gasteiger partial charge in [-0.05, 0) is 42.0 Å².